The fraction of sp³-hybridized carbons (Fsp3) is 0.846. The van der Waals surface area contributed by atoms with Crippen LogP contribution in [0.5, 0.6) is 0 Å². The Hall–Kier alpha value is -0.710. The molecular weight excluding hydrogens is 250 g/mol. The molecule has 1 saturated heterocycles. The van der Waals surface area contributed by atoms with Gasteiger partial charge in [-0.1, -0.05) is 20.8 Å². The van der Waals surface area contributed by atoms with Crippen LogP contribution in [0, 0.1) is 11.3 Å². The first-order chi connectivity index (χ1) is 8.30. The summed E-state index contributed by atoms with van der Waals surface area (Å²) in [6.07, 6.45) is 2.58. The van der Waals surface area contributed by atoms with Crippen LogP contribution in [0.1, 0.15) is 40.0 Å². The smallest absolute Gasteiger partial charge is 0.326 e. The minimum atomic E-state index is -0.963. The van der Waals surface area contributed by atoms with Gasteiger partial charge in [-0.2, -0.15) is 11.8 Å². The fourth-order valence-electron chi connectivity index (χ4n) is 2.08. The maximum Gasteiger partial charge on any atom is 0.326 e. The van der Waals surface area contributed by atoms with Crippen molar-refractivity contribution in [3.63, 3.8) is 0 Å². The minimum Gasteiger partial charge on any atom is -0.480 e. The molecule has 0 bridgehead atoms. The first-order valence-corrected chi connectivity index (χ1v) is 7.56. The van der Waals surface area contributed by atoms with Gasteiger partial charge < -0.3 is 10.4 Å². The highest BCUT2D eigenvalue weighted by molar-refractivity contribution is 7.99. The highest BCUT2D eigenvalue weighted by Gasteiger charge is 2.33. The van der Waals surface area contributed by atoms with Gasteiger partial charge in [0.25, 0.3) is 0 Å². The Kier molecular flexibility index (Phi) is 5.50. The molecule has 1 unspecified atom stereocenters. The van der Waals surface area contributed by atoms with E-state index in [2.05, 4.69) is 5.32 Å². The summed E-state index contributed by atoms with van der Waals surface area (Å²) in [4.78, 5) is 23.0. The zero-order valence-electron chi connectivity index (χ0n) is 11.4. The normalized spacial score (nSPS) is 19.3. The van der Waals surface area contributed by atoms with Crippen molar-refractivity contribution in [1.82, 2.24) is 5.32 Å². The summed E-state index contributed by atoms with van der Waals surface area (Å²) < 4.78 is 0. The van der Waals surface area contributed by atoms with Crippen LogP contribution >= 0.6 is 11.8 Å². The van der Waals surface area contributed by atoms with E-state index in [-0.39, 0.29) is 5.91 Å². The van der Waals surface area contributed by atoms with Crippen molar-refractivity contribution in [3.8, 4) is 0 Å². The molecule has 2 N–H and O–H groups in total. The third-order valence-corrected chi connectivity index (χ3v) is 4.28. The van der Waals surface area contributed by atoms with Crippen molar-refractivity contribution in [2.45, 2.75) is 46.1 Å². The Balaban J connectivity index is 2.48. The average molecular weight is 273 g/mol. The lowest BCUT2D eigenvalue weighted by Gasteiger charge is -2.29. The Labute approximate surface area is 113 Å². The van der Waals surface area contributed by atoms with Gasteiger partial charge in [0, 0.05) is 6.42 Å². The number of thioether (sulfide) groups is 1. The summed E-state index contributed by atoms with van der Waals surface area (Å²) in [5.41, 5.74) is -0.468. The SMILES string of the molecule is CC(C)(C)C(NC(=O)CC1CCSCC1)C(=O)O. The lowest BCUT2D eigenvalue weighted by atomic mass is 9.86. The Bertz CT molecular complexity index is 306. The van der Waals surface area contributed by atoms with E-state index in [1.54, 1.807) is 0 Å². The molecule has 1 atom stereocenters. The van der Waals surface area contributed by atoms with E-state index in [1.165, 1.54) is 0 Å². The van der Waals surface area contributed by atoms with Crippen molar-refractivity contribution < 1.29 is 14.7 Å². The first-order valence-electron chi connectivity index (χ1n) is 6.40. The zero-order valence-corrected chi connectivity index (χ0v) is 12.2. The van der Waals surface area contributed by atoms with Gasteiger partial charge >= 0.3 is 5.97 Å². The zero-order chi connectivity index (χ0) is 13.8. The highest BCUT2D eigenvalue weighted by Crippen LogP contribution is 2.26. The molecule has 104 valence electrons. The lowest BCUT2D eigenvalue weighted by molar-refractivity contribution is -0.145. The number of carboxylic acid groups (broad SMARTS) is 1. The van der Waals surface area contributed by atoms with Crippen molar-refractivity contribution in [3.05, 3.63) is 0 Å². The standard InChI is InChI=1S/C13H23NO3S/c1-13(2,3)11(12(16)17)14-10(15)8-9-4-6-18-7-5-9/h9,11H,4-8H2,1-3H3,(H,14,15)(H,16,17). The molecule has 4 nitrogen and oxygen atoms in total. The van der Waals surface area contributed by atoms with Crippen LogP contribution in [0.2, 0.25) is 0 Å². The van der Waals surface area contributed by atoms with E-state index < -0.39 is 17.4 Å². The number of hydrogen-bond donors (Lipinski definition) is 2. The van der Waals surface area contributed by atoms with Gasteiger partial charge in [0.1, 0.15) is 6.04 Å². The molecule has 1 heterocycles. The lowest BCUT2D eigenvalue weighted by Crippen LogP contribution is -2.49. The molecule has 0 aromatic rings. The second-order valence-electron chi connectivity index (χ2n) is 5.96. The van der Waals surface area contributed by atoms with Gasteiger partial charge in [0.05, 0.1) is 0 Å². The summed E-state index contributed by atoms with van der Waals surface area (Å²) in [7, 11) is 0. The molecule has 0 aromatic heterocycles. The maximum atomic E-state index is 11.9. The topological polar surface area (TPSA) is 66.4 Å². The van der Waals surface area contributed by atoms with Crippen LogP contribution in [0.3, 0.4) is 0 Å². The Morgan fingerprint density at radius 3 is 2.33 bits per heavy atom. The predicted molar refractivity (Wildman–Crippen MR) is 73.7 cm³/mol. The van der Waals surface area contributed by atoms with Gasteiger partial charge in [0.2, 0.25) is 5.91 Å². The molecule has 5 heteroatoms. The monoisotopic (exact) mass is 273 g/mol. The molecule has 0 aromatic carbocycles. The number of rotatable bonds is 4. The molecule has 1 amide bonds. The predicted octanol–water partition coefficient (Wildman–Crippen LogP) is 2.14. The van der Waals surface area contributed by atoms with Gasteiger partial charge in [-0.15, -0.1) is 0 Å². The van der Waals surface area contributed by atoms with E-state index >= 15 is 0 Å². The summed E-state index contributed by atoms with van der Waals surface area (Å²) in [6, 6.07) is -0.817. The van der Waals surface area contributed by atoms with Gasteiger partial charge in [0.15, 0.2) is 0 Å². The van der Waals surface area contributed by atoms with Gasteiger partial charge in [-0.25, -0.2) is 4.79 Å². The first kappa shape index (κ1) is 15.3. The largest absolute Gasteiger partial charge is 0.480 e. The second kappa shape index (κ2) is 6.45. The molecule has 0 saturated carbocycles. The number of aliphatic carboxylic acids is 1. The van der Waals surface area contributed by atoms with Crippen LogP contribution in [0.25, 0.3) is 0 Å². The number of hydrogen-bond acceptors (Lipinski definition) is 3. The molecule has 1 aliphatic heterocycles. The summed E-state index contributed by atoms with van der Waals surface area (Å²) in [6.45, 7) is 5.47. The van der Waals surface area contributed by atoms with E-state index in [0.717, 1.165) is 24.3 Å². The van der Waals surface area contributed by atoms with Crippen LogP contribution in [0.4, 0.5) is 0 Å². The van der Waals surface area contributed by atoms with Gasteiger partial charge in [-0.05, 0) is 35.7 Å². The third kappa shape index (κ3) is 4.88. The van der Waals surface area contributed by atoms with E-state index in [1.807, 2.05) is 32.5 Å². The van der Waals surface area contributed by atoms with Crippen LogP contribution in [-0.2, 0) is 9.59 Å². The molecule has 0 spiro atoms. The van der Waals surface area contributed by atoms with Crippen LogP contribution < -0.4 is 5.32 Å². The van der Waals surface area contributed by atoms with Crippen LogP contribution in [-0.4, -0.2) is 34.5 Å². The number of nitrogens with one attached hydrogen (secondary N) is 1. The highest BCUT2D eigenvalue weighted by atomic mass is 32.2. The van der Waals surface area contributed by atoms with Crippen LogP contribution in [0.15, 0.2) is 0 Å². The summed E-state index contributed by atoms with van der Waals surface area (Å²) in [5.74, 6) is 1.55. The Morgan fingerprint density at radius 2 is 1.89 bits per heavy atom. The summed E-state index contributed by atoms with van der Waals surface area (Å²) in [5, 5.41) is 11.8. The Morgan fingerprint density at radius 1 is 1.33 bits per heavy atom. The number of carbonyl (C=O) groups excluding carboxylic acids is 1. The van der Waals surface area contributed by atoms with Crippen molar-refractivity contribution in [2.75, 3.05) is 11.5 Å². The minimum absolute atomic E-state index is 0.130. The average Bonchev–Trinajstić information content (AvgIpc) is 2.25. The number of carboxylic acids is 1. The number of carbonyl (C=O) groups is 2. The van der Waals surface area contributed by atoms with Crippen molar-refractivity contribution >= 4 is 23.6 Å². The quantitative estimate of drug-likeness (QED) is 0.823. The maximum absolute atomic E-state index is 11.9. The molecule has 0 aliphatic carbocycles. The van der Waals surface area contributed by atoms with E-state index in [9.17, 15) is 9.59 Å². The van der Waals surface area contributed by atoms with E-state index in [0.29, 0.717) is 12.3 Å². The molecular formula is C13H23NO3S. The van der Waals surface area contributed by atoms with Gasteiger partial charge in [-0.3, -0.25) is 4.79 Å². The molecule has 1 rings (SSSR count). The van der Waals surface area contributed by atoms with Crippen molar-refractivity contribution in [1.29, 1.82) is 0 Å². The van der Waals surface area contributed by atoms with E-state index in [4.69, 9.17) is 5.11 Å². The molecule has 18 heavy (non-hydrogen) atoms. The fourth-order valence-corrected chi connectivity index (χ4v) is 3.29. The molecule has 1 fully saturated rings. The number of amides is 1. The summed E-state index contributed by atoms with van der Waals surface area (Å²) >= 11 is 1.92. The third-order valence-electron chi connectivity index (χ3n) is 3.23. The second-order valence-corrected chi connectivity index (χ2v) is 7.19. The molecule has 1 aliphatic rings. The van der Waals surface area contributed by atoms with Crippen molar-refractivity contribution in [2.24, 2.45) is 11.3 Å². The molecule has 0 radical (unpaired) electrons.